The molecule has 0 amide bonds. The quantitative estimate of drug-likeness (QED) is 0.246. The molecule has 2 N–H and O–H groups in total. The number of nitrogens with one attached hydrogen (secondary N) is 2. The topological polar surface area (TPSA) is 58.1 Å². The normalized spacial score (nSPS) is 19.5. The zero-order valence-corrected chi connectivity index (χ0v) is 17.5. The van der Waals surface area contributed by atoms with Crippen molar-refractivity contribution in [1.29, 1.82) is 0 Å². The summed E-state index contributed by atoms with van der Waals surface area (Å²) in [6.45, 7) is 16.3. The molecule has 23 heavy (non-hydrogen) atoms. The highest BCUT2D eigenvalue weighted by Gasteiger charge is 2.20. The lowest BCUT2D eigenvalue weighted by atomic mass is 10.2. The predicted molar refractivity (Wildman–Crippen MR) is 107 cm³/mol. The lowest BCUT2D eigenvalue weighted by Gasteiger charge is -2.33. The number of aliphatic imine (C=N–C) groups is 1. The number of morpholine rings is 1. The van der Waals surface area contributed by atoms with Gasteiger partial charge in [0.05, 0.1) is 25.9 Å². The second-order valence-electron chi connectivity index (χ2n) is 5.99. The van der Waals surface area contributed by atoms with E-state index in [4.69, 9.17) is 9.47 Å². The van der Waals surface area contributed by atoms with Crippen LogP contribution in [0.25, 0.3) is 0 Å². The molecular formula is C16H35IN4O2. The van der Waals surface area contributed by atoms with Gasteiger partial charge in [-0.2, -0.15) is 0 Å². The molecule has 6 nitrogen and oxygen atoms in total. The van der Waals surface area contributed by atoms with Crippen molar-refractivity contribution in [3.8, 4) is 0 Å². The van der Waals surface area contributed by atoms with E-state index in [1.165, 1.54) is 0 Å². The molecule has 0 aromatic rings. The van der Waals surface area contributed by atoms with Crippen LogP contribution in [0.4, 0.5) is 0 Å². The minimum absolute atomic E-state index is 0. The van der Waals surface area contributed by atoms with Crippen LogP contribution in [0.15, 0.2) is 4.99 Å². The van der Waals surface area contributed by atoms with E-state index in [0.29, 0.717) is 19.1 Å². The first kappa shape index (κ1) is 22.9. The van der Waals surface area contributed by atoms with E-state index in [0.717, 1.165) is 51.9 Å². The van der Waals surface area contributed by atoms with Crippen molar-refractivity contribution in [2.75, 3.05) is 59.1 Å². The van der Waals surface area contributed by atoms with Gasteiger partial charge >= 0.3 is 0 Å². The standard InChI is InChI=1S/C16H34N4O2.HI/c1-5-17-16(18-7-9-21-6-2)19-11-15-13-20(8-10-22-15)12-14(3)4;/h14-15H,5-13H2,1-4H3,(H2,17,18,19);1H. The summed E-state index contributed by atoms with van der Waals surface area (Å²) in [7, 11) is 0. The maximum Gasteiger partial charge on any atom is 0.191 e. The predicted octanol–water partition coefficient (Wildman–Crippen LogP) is 1.55. The maximum absolute atomic E-state index is 5.83. The third-order valence-electron chi connectivity index (χ3n) is 3.39. The molecule has 1 rings (SSSR count). The first-order valence-electron chi connectivity index (χ1n) is 8.59. The third kappa shape index (κ3) is 11.1. The lowest BCUT2D eigenvalue weighted by molar-refractivity contribution is -0.0261. The molecule has 1 heterocycles. The number of nitrogens with zero attached hydrogens (tertiary/aromatic N) is 2. The van der Waals surface area contributed by atoms with E-state index in [1.807, 2.05) is 6.92 Å². The molecule has 0 aromatic carbocycles. The maximum atomic E-state index is 5.83. The molecule has 0 saturated carbocycles. The van der Waals surface area contributed by atoms with Gasteiger partial charge in [-0.25, -0.2) is 0 Å². The van der Waals surface area contributed by atoms with E-state index >= 15 is 0 Å². The summed E-state index contributed by atoms with van der Waals surface area (Å²) in [5.41, 5.74) is 0. The molecule has 1 unspecified atom stereocenters. The van der Waals surface area contributed by atoms with Crippen LogP contribution in [-0.4, -0.2) is 76.1 Å². The van der Waals surface area contributed by atoms with Crippen molar-refractivity contribution in [3.63, 3.8) is 0 Å². The summed E-state index contributed by atoms with van der Waals surface area (Å²) in [4.78, 5) is 7.11. The van der Waals surface area contributed by atoms with Crippen molar-refractivity contribution in [1.82, 2.24) is 15.5 Å². The van der Waals surface area contributed by atoms with Gasteiger partial charge in [-0.3, -0.25) is 9.89 Å². The first-order chi connectivity index (χ1) is 10.7. The van der Waals surface area contributed by atoms with Crippen molar-refractivity contribution in [2.24, 2.45) is 10.9 Å². The molecule has 1 saturated heterocycles. The number of hydrogen-bond donors (Lipinski definition) is 2. The van der Waals surface area contributed by atoms with Gasteiger partial charge in [-0.05, 0) is 19.8 Å². The van der Waals surface area contributed by atoms with Crippen molar-refractivity contribution in [3.05, 3.63) is 0 Å². The second-order valence-corrected chi connectivity index (χ2v) is 5.99. The van der Waals surface area contributed by atoms with Gasteiger partial charge in [0.15, 0.2) is 5.96 Å². The van der Waals surface area contributed by atoms with E-state index in [1.54, 1.807) is 0 Å². The monoisotopic (exact) mass is 442 g/mol. The molecule has 138 valence electrons. The van der Waals surface area contributed by atoms with Gasteiger partial charge in [0, 0.05) is 39.3 Å². The number of hydrogen-bond acceptors (Lipinski definition) is 4. The van der Waals surface area contributed by atoms with E-state index in [2.05, 4.69) is 41.3 Å². The Bertz CT molecular complexity index is 316. The minimum Gasteiger partial charge on any atom is -0.380 e. The van der Waals surface area contributed by atoms with Crippen LogP contribution in [-0.2, 0) is 9.47 Å². The Labute approximate surface area is 158 Å². The van der Waals surface area contributed by atoms with Crippen LogP contribution in [0, 0.1) is 5.92 Å². The Morgan fingerprint density at radius 3 is 2.78 bits per heavy atom. The smallest absolute Gasteiger partial charge is 0.191 e. The van der Waals surface area contributed by atoms with Gasteiger partial charge < -0.3 is 20.1 Å². The fourth-order valence-electron chi connectivity index (χ4n) is 2.49. The highest BCUT2D eigenvalue weighted by Crippen LogP contribution is 2.08. The van der Waals surface area contributed by atoms with Crippen molar-refractivity contribution >= 4 is 29.9 Å². The molecular weight excluding hydrogens is 407 g/mol. The summed E-state index contributed by atoms with van der Waals surface area (Å²) in [5, 5.41) is 6.54. The molecule has 1 fully saturated rings. The summed E-state index contributed by atoms with van der Waals surface area (Å²) in [6.07, 6.45) is 0.190. The van der Waals surface area contributed by atoms with Crippen LogP contribution >= 0.6 is 24.0 Å². The Morgan fingerprint density at radius 1 is 1.35 bits per heavy atom. The third-order valence-corrected chi connectivity index (χ3v) is 3.39. The molecule has 1 aliphatic rings. The zero-order valence-electron chi connectivity index (χ0n) is 15.1. The summed E-state index contributed by atoms with van der Waals surface area (Å²) < 4.78 is 11.2. The summed E-state index contributed by atoms with van der Waals surface area (Å²) in [5.74, 6) is 1.53. The van der Waals surface area contributed by atoms with Gasteiger partial charge in [0.1, 0.15) is 0 Å². The van der Waals surface area contributed by atoms with Gasteiger partial charge in [0.2, 0.25) is 0 Å². The van der Waals surface area contributed by atoms with Gasteiger partial charge in [0.25, 0.3) is 0 Å². The Kier molecular flexibility index (Phi) is 14.2. The van der Waals surface area contributed by atoms with E-state index in [-0.39, 0.29) is 30.1 Å². The largest absolute Gasteiger partial charge is 0.380 e. The van der Waals surface area contributed by atoms with Gasteiger partial charge in [-0.15, -0.1) is 24.0 Å². The molecule has 0 spiro atoms. The number of rotatable bonds is 9. The van der Waals surface area contributed by atoms with Crippen LogP contribution in [0.5, 0.6) is 0 Å². The average molecular weight is 442 g/mol. The molecule has 0 bridgehead atoms. The molecule has 7 heteroatoms. The zero-order chi connectivity index (χ0) is 16.2. The van der Waals surface area contributed by atoms with Crippen LogP contribution in [0.3, 0.4) is 0 Å². The molecule has 0 aliphatic carbocycles. The Balaban J connectivity index is 0.00000484. The fraction of sp³-hybridized carbons (Fsp3) is 0.938. The number of halogens is 1. The summed E-state index contributed by atoms with van der Waals surface area (Å²) in [6, 6.07) is 0. The highest BCUT2D eigenvalue weighted by molar-refractivity contribution is 14.0. The molecule has 0 radical (unpaired) electrons. The van der Waals surface area contributed by atoms with E-state index in [9.17, 15) is 0 Å². The average Bonchev–Trinajstić information content (AvgIpc) is 2.49. The van der Waals surface area contributed by atoms with Crippen LogP contribution in [0.1, 0.15) is 27.7 Å². The fourth-order valence-corrected chi connectivity index (χ4v) is 2.49. The van der Waals surface area contributed by atoms with Crippen molar-refractivity contribution < 1.29 is 9.47 Å². The SMILES string of the molecule is CCNC(=NCC1CN(CC(C)C)CCO1)NCCOCC.I. The minimum atomic E-state index is 0. The van der Waals surface area contributed by atoms with Crippen LogP contribution < -0.4 is 10.6 Å². The highest BCUT2D eigenvalue weighted by atomic mass is 127. The van der Waals surface area contributed by atoms with E-state index < -0.39 is 0 Å². The second kappa shape index (κ2) is 14.2. The number of ether oxygens (including phenoxy) is 2. The van der Waals surface area contributed by atoms with Crippen molar-refractivity contribution in [2.45, 2.75) is 33.8 Å². The molecule has 1 aliphatic heterocycles. The molecule has 1 atom stereocenters. The van der Waals surface area contributed by atoms with Gasteiger partial charge in [-0.1, -0.05) is 13.8 Å². The number of guanidine groups is 1. The lowest BCUT2D eigenvalue weighted by Crippen LogP contribution is -2.46. The molecule has 0 aromatic heterocycles. The van der Waals surface area contributed by atoms with Crippen LogP contribution in [0.2, 0.25) is 0 Å². The first-order valence-corrected chi connectivity index (χ1v) is 8.59. The Morgan fingerprint density at radius 2 is 2.13 bits per heavy atom. The Hall–Kier alpha value is -0.120. The summed E-state index contributed by atoms with van der Waals surface area (Å²) >= 11 is 0.